The van der Waals surface area contributed by atoms with Crippen LogP contribution in [0.1, 0.15) is 31.2 Å². The van der Waals surface area contributed by atoms with Crippen molar-refractivity contribution in [1.82, 2.24) is 9.97 Å². The van der Waals surface area contributed by atoms with E-state index >= 15 is 0 Å². The number of pyridine rings is 2. The molecule has 2 aromatic rings. The molecule has 3 rings (SSSR count). The predicted molar refractivity (Wildman–Crippen MR) is 99.8 cm³/mol. The summed E-state index contributed by atoms with van der Waals surface area (Å²) in [4.78, 5) is 21.4. The Morgan fingerprint density at radius 3 is 2.63 bits per heavy atom. The number of anilines is 3. The van der Waals surface area contributed by atoms with Gasteiger partial charge in [-0.25, -0.2) is 9.97 Å². The van der Waals surface area contributed by atoms with Crippen molar-refractivity contribution in [3.8, 4) is 6.07 Å². The van der Waals surface area contributed by atoms with Crippen LogP contribution in [-0.2, 0) is 0 Å². The molecule has 0 spiro atoms. The van der Waals surface area contributed by atoms with Crippen molar-refractivity contribution in [2.24, 2.45) is 0 Å². The molecule has 0 aliphatic heterocycles. The van der Waals surface area contributed by atoms with Crippen LogP contribution in [0, 0.1) is 21.4 Å². The summed E-state index contributed by atoms with van der Waals surface area (Å²) in [5.74, 6) is 1.07. The molecule has 1 aliphatic rings. The van der Waals surface area contributed by atoms with Crippen LogP contribution < -0.4 is 10.2 Å². The summed E-state index contributed by atoms with van der Waals surface area (Å²) in [5, 5.41) is 32.7. The topological polar surface area (TPSA) is 128 Å². The lowest BCUT2D eigenvalue weighted by atomic mass is 9.92. The molecule has 140 valence electrons. The number of hydrogen-bond donors (Lipinski definition) is 2. The van der Waals surface area contributed by atoms with Crippen LogP contribution in [0.2, 0.25) is 0 Å². The molecule has 0 unspecified atom stereocenters. The molecule has 0 saturated heterocycles. The minimum absolute atomic E-state index is 0.0948. The number of rotatable bonds is 5. The van der Waals surface area contributed by atoms with Crippen molar-refractivity contribution in [2.45, 2.75) is 37.8 Å². The van der Waals surface area contributed by atoms with Crippen molar-refractivity contribution in [3.05, 3.63) is 46.1 Å². The highest BCUT2D eigenvalue weighted by atomic mass is 16.6. The first-order valence-corrected chi connectivity index (χ1v) is 8.67. The van der Waals surface area contributed by atoms with Gasteiger partial charge in [-0.2, -0.15) is 5.26 Å². The second-order valence-electron chi connectivity index (χ2n) is 6.54. The number of nitro groups is 1. The summed E-state index contributed by atoms with van der Waals surface area (Å²) < 4.78 is 0. The SMILES string of the molecule is CN(c1ccc([N+](=O)[O-])c(Nc2ccc(C#N)cn2)n1)C1CCC(O)CC1. The number of aliphatic hydroxyl groups excluding tert-OH is 1. The van der Waals surface area contributed by atoms with Crippen LogP contribution in [-0.4, -0.2) is 39.2 Å². The first-order valence-electron chi connectivity index (χ1n) is 8.67. The Morgan fingerprint density at radius 1 is 1.30 bits per heavy atom. The minimum Gasteiger partial charge on any atom is -0.393 e. The molecule has 1 saturated carbocycles. The van der Waals surface area contributed by atoms with Gasteiger partial charge in [0.15, 0.2) is 0 Å². The molecular formula is C18H20N6O3. The number of aromatic nitrogens is 2. The molecule has 2 aromatic heterocycles. The Morgan fingerprint density at radius 2 is 2.04 bits per heavy atom. The number of nitrogens with zero attached hydrogens (tertiary/aromatic N) is 5. The van der Waals surface area contributed by atoms with Crippen molar-refractivity contribution >= 4 is 23.1 Å². The molecule has 27 heavy (non-hydrogen) atoms. The Balaban J connectivity index is 1.85. The third-order valence-electron chi connectivity index (χ3n) is 4.77. The van der Waals surface area contributed by atoms with Gasteiger partial charge in [0, 0.05) is 25.4 Å². The summed E-state index contributed by atoms with van der Waals surface area (Å²) in [6, 6.07) is 8.39. The summed E-state index contributed by atoms with van der Waals surface area (Å²) in [6.07, 6.45) is 4.30. The van der Waals surface area contributed by atoms with Gasteiger partial charge in [-0.15, -0.1) is 0 Å². The van der Waals surface area contributed by atoms with E-state index in [4.69, 9.17) is 5.26 Å². The van der Waals surface area contributed by atoms with Gasteiger partial charge in [0.25, 0.3) is 0 Å². The Labute approximate surface area is 156 Å². The number of hydrogen-bond acceptors (Lipinski definition) is 8. The number of nitriles is 1. The highest BCUT2D eigenvalue weighted by Crippen LogP contribution is 2.30. The summed E-state index contributed by atoms with van der Waals surface area (Å²) in [5.41, 5.74) is 0.244. The van der Waals surface area contributed by atoms with E-state index in [-0.39, 0.29) is 23.7 Å². The Hall–Kier alpha value is -3.25. The second-order valence-corrected chi connectivity index (χ2v) is 6.54. The summed E-state index contributed by atoms with van der Waals surface area (Å²) >= 11 is 0. The fourth-order valence-corrected chi connectivity index (χ4v) is 3.17. The third-order valence-corrected chi connectivity index (χ3v) is 4.77. The lowest BCUT2D eigenvalue weighted by molar-refractivity contribution is -0.384. The Kier molecular flexibility index (Phi) is 5.47. The normalized spacial score (nSPS) is 19.1. The lowest BCUT2D eigenvalue weighted by Gasteiger charge is -2.33. The maximum atomic E-state index is 11.4. The van der Waals surface area contributed by atoms with Gasteiger partial charge in [0.1, 0.15) is 17.7 Å². The molecule has 0 bridgehead atoms. The zero-order valence-electron chi connectivity index (χ0n) is 14.9. The average Bonchev–Trinajstić information content (AvgIpc) is 2.68. The quantitative estimate of drug-likeness (QED) is 0.609. The summed E-state index contributed by atoms with van der Waals surface area (Å²) in [6.45, 7) is 0. The number of aliphatic hydroxyl groups is 1. The maximum Gasteiger partial charge on any atom is 0.311 e. The standard InChI is InChI=1S/C18H20N6O3/c1-23(13-3-5-14(25)6-4-13)17-9-7-15(24(26)27)18(22-17)21-16-8-2-12(10-19)11-20-16/h2,7-9,11,13-14,25H,3-6H2,1H3,(H,20,21,22). The van der Waals surface area contributed by atoms with Gasteiger partial charge in [-0.05, 0) is 43.9 Å². The van der Waals surface area contributed by atoms with Crippen LogP contribution >= 0.6 is 0 Å². The van der Waals surface area contributed by atoms with Crippen molar-refractivity contribution < 1.29 is 10.0 Å². The zero-order valence-corrected chi connectivity index (χ0v) is 14.9. The van der Waals surface area contributed by atoms with Crippen LogP contribution in [0.3, 0.4) is 0 Å². The zero-order chi connectivity index (χ0) is 19.4. The van der Waals surface area contributed by atoms with Crippen molar-refractivity contribution in [3.63, 3.8) is 0 Å². The lowest BCUT2D eigenvalue weighted by Crippen LogP contribution is -2.36. The average molecular weight is 368 g/mol. The molecule has 1 aliphatic carbocycles. The van der Waals surface area contributed by atoms with E-state index in [9.17, 15) is 15.2 Å². The van der Waals surface area contributed by atoms with Crippen molar-refractivity contribution in [1.29, 1.82) is 5.26 Å². The van der Waals surface area contributed by atoms with E-state index in [0.717, 1.165) is 25.7 Å². The highest BCUT2D eigenvalue weighted by molar-refractivity contribution is 5.66. The van der Waals surface area contributed by atoms with E-state index in [1.54, 1.807) is 18.2 Å². The van der Waals surface area contributed by atoms with Crippen LogP contribution in [0.5, 0.6) is 0 Å². The van der Waals surface area contributed by atoms with Crippen molar-refractivity contribution in [2.75, 3.05) is 17.3 Å². The second kappa shape index (κ2) is 7.97. The van der Waals surface area contributed by atoms with Gasteiger partial charge in [-0.1, -0.05) is 0 Å². The van der Waals surface area contributed by atoms with Gasteiger partial charge in [0.2, 0.25) is 5.82 Å². The van der Waals surface area contributed by atoms with Crippen LogP contribution in [0.25, 0.3) is 0 Å². The molecule has 0 radical (unpaired) electrons. The van der Waals surface area contributed by atoms with E-state index in [1.807, 2.05) is 18.0 Å². The summed E-state index contributed by atoms with van der Waals surface area (Å²) in [7, 11) is 1.90. The van der Waals surface area contributed by atoms with E-state index in [0.29, 0.717) is 17.2 Å². The van der Waals surface area contributed by atoms with Crippen LogP contribution in [0.4, 0.5) is 23.1 Å². The predicted octanol–water partition coefficient (Wildman–Crippen LogP) is 2.74. The molecule has 0 atom stereocenters. The molecule has 2 N–H and O–H groups in total. The van der Waals surface area contributed by atoms with Crippen LogP contribution in [0.15, 0.2) is 30.5 Å². The smallest absolute Gasteiger partial charge is 0.311 e. The maximum absolute atomic E-state index is 11.4. The van der Waals surface area contributed by atoms with E-state index in [1.165, 1.54) is 12.3 Å². The first-order chi connectivity index (χ1) is 13.0. The molecule has 0 aromatic carbocycles. The van der Waals surface area contributed by atoms with Gasteiger partial charge >= 0.3 is 5.69 Å². The van der Waals surface area contributed by atoms with Gasteiger partial charge < -0.3 is 15.3 Å². The molecule has 9 heteroatoms. The fraction of sp³-hybridized carbons (Fsp3) is 0.389. The molecule has 9 nitrogen and oxygen atoms in total. The van der Waals surface area contributed by atoms with E-state index in [2.05, 4.69) is 15.3 Å². The third kappa shape index (κ3) is 4.30. The highest BCUT2D eigenvalue weighted by Gasteiger charge is 2.25. The first kappa shape index (κ1) is 18.5. The van der Waals surface area contributed by atoms with Gasteiger partial charge in [-0.3, -0.25) is 10.1 Å². The molecule has 2 heterocycles. The largest absolute Gasteiger partial charge is 0.393 e. The Bertz CT molecular complexity index is 856. The number of nitrogens with one attached hydrogen (secondary N) is 1. The monoisotopic (exact) mass is 368 g/mol. The van der Waals surface area contributed by atoms with E-state index < -0.39 is 4.92 Å². The molecular weight excluding hydrogens is 348 g/mol. The molecule has 0 amide bonds. The van der Waals surface area contributed by atoms with Gasteiger partial charge in [0.05, 0.1) is 16.6 Å². The fourth-order valence-electron chi connectivity index (χ4n) is 3.17. The minimum atomic E-state index is -0.500. The molecule has 1 fully saturated rings.